The van der Waals surface area contributed by atoms with Crippen molar-refractivity contribution in [3.8, 4) is 17.2 Å². The van der Waals surface area contributed by atoms with Gasteiger partial charge in [0, 0.05) is 5.57 Å². The van der Waals surface area contributed by atoms with Crippen molar-refractivity contribution in [1.82, 2.24) is 0 Å². The summed E-state index contributed by atoms with van der Waals surface area (Å²) in [6.07, 6.45) is 2.15. The molecule has 0 bridgehead atoms. The van der Waals surface area contributed by atoms with Crippen LogP contribution in [0.15, 0.2) is 42.0 Å². The van der Waals surface area contributed by atoms with Gasteiger partial charge in [0.1, 0.15) is 11.6 Å². The number of hydrogen-bond acceptors (Lipinski definition) is 4. The number of fused-ring (bicyclic) bond motifs is 1. The Morgan fingerprint density at radius 2 is 2.00 bits per heavy atom. The molecule has 0 radical (unpaired) electrons. The Balaban J connectivity index is 1.95. The molecule has 1 heterocycles. The quantitative estimate of drug-likeness (QED) is 0.686. The van der Waals surface area contributed by atoms with Gasteiger partial charge in [0.15, 0.2) is 17.3 Å². The molecular weight excluding hydrogens is 299 g/mol. The Kier molecular flexibility index (Phi) is 4.02. The highest BCUT2D eigenvalue weighted by molar-refractivity contribution is 6.12. The van der Waals surface area contributed by atoms with Crippen molar-refractivity contribution >= 4 is 11.9 Å². The predicted molar refractivity (Wildman–Crippen MR) is 83.2 cm³/mol. The molecule has 0 atom stereocenters. The van der Waals surface area contributed by atoms with Crippen molar-refractivity contribution in [2.75, 3.05) is 6.79 Å². The highest BCUT2D eigenvalue weighted by Gasteiger charge is 2.17. The van der Waals surface area contributed by atoms with E-state index in [1.165, 1.54) is 6.07 Å². The van der Waals surface area contributed by atoms with E-state index >= 15 is 0 Å². The van der Waals surface area contributed by atoms with Crippen LogP contribution in [-0.4, -0.2) is 17.7 Å². The lowest BCUT2D eigenvalue weighted by atomic mass is 9.98. The maximum Gasteiger partial charge on any atom is 0.231 e. The molecule has 4 nitrogen and oxygen atoms in total. The van der Waals surface area contributed by atoms with Gasteiger partial charge in [-0.3, -0.25) is 4.79 Å². The lowest BCUT2D eigenvalue weighted by molar-refractivity contribution is 0.102. The molecule has 0 spiro atoms. The second-order valence-corrected chi connectivity index (χ2v) is 5.13. The summed E-state index contributed by atoms with van der Waals surface area (Å²) in [5, 5.41) is 9.79. The van der Waals surface area contributed by atoms with Crippen LogP contribution in [0.4, 0.5) is 4.39 Å². The number of hydrogen-bond donors (Lipinski definition) is 1. The van der Waals surface area contributed by atoms with E-state index in [0.717, 1.165) is 17.7 Å². The van der Waals surface area contributed by atoms with E-state index in [4.69, 9.17) is 9.47 Å². The number of ketones is 1. The van der Waals surface area contributed by atoms with Gasteiger partial charge in [0.2, 0.25) is 6.79 Å². The molecule has 0 saturated heterocycles. The van der Waals surface area contributed by atoms with Crippen LogP contribution in [0.3, 0.4) is 0 Å². The molecule has 0 aromatic heterocycles. The van der Waals surface area contributed by atoms with Gasteiger partial charge < -0.3 is 14.6 Å². The standard InChI is InChI=1S/C18H15FO4/c1-2-12(18(21)14-9-13(19)4-5-15(14)20)7-11-3-6-16-17(8-11)23-10-22-16/h3-9,20H,2,10H2,1H3/b12-7-. The van der Waals surface area contributed by atoms with E-state index in [0.29, 0.717) is 23.5 Å². The summed E-state index contributed by atoms with van der Waals surface area (Å²) in [7, 11) is 0. The fourth-order valence-corrected chi connectivity index (χ4v) is 2.40. The number of benzene rings is 2. The predicted octanol–water partition coefficient (Wildman–Crippen LogP) is 3.94. The molecule has 5 heteroatoms. The van der Waals surface area contributed by atoms with Crippen LogP contribution in [0.2, 0.25) is 0 Å². The topological polar surface area (TPSA) is 55.8 Å². The van der Waals surface area contributed by atoms with E-state index < -0.39 is 11.6 Å². The summed E-state index contributed by atoms with van der Waals surface area (Å²) in [4.78, 5) is 12.5. The van der Waals surface area contributed by atoms with Crippen molar-refractivity contribution in [3.63, 3.8) is 0 Å². The van der Waals surface area contributed by atoms with Gasteiger partial charge in [-0.15, -0.1) is 0 Å². The monoisotopic (exact) mass is 314 g/mol. The lowest BCUT2D eigenvalue weighted by Gasteiger charge is -2.07. The van der Waals surface area contributed by atoms with Crippen LogP contribution in [0.25, 0.3) is 6.08 Å². The van der Waals surface area contributed by atoms with E-state index in [1.54, 1.807) is 18.2 Å². The summed E-state index contributed by atoms with van der Waals surface area (Å²) in [5.41, 5.74) is 1.19. The van der Waals surface area contributed by atoms with Crippen LogP contribution in [-0.2, 0) is 0 Å². The van der Waals surface area contributed by atoms with Gasteiger partial charge in [-0.25, -0.2) is 4.39 Å². The highest BCUT2D eigenvalue weighted by atomic mass is 19.1. The van der Waals surface area contributed by atoms with E-state index in [2.05, 4.69) is 0 Å². The fourth-order valence-electron chi connectivity index (χ4n) is 2.40. The summed E-state index contributed by atoms with van der Waals surface area (Å²) >= 11 is 0. The third-order valence-electron chi connectivity index (χ3n) is 3.61. The number of allylic oxidation sites excluding steroid dienone is 1. The number of rotatable bonds is 4. The second kappa shape index (κ2) is 6.12. The number of aromatic hydroxyl groups is 1. The number of carbonyl (C=O) groups excluding carboxylic acids is 1. The van der Waals surface area contributed by atoms with E-state index in [-0.39, 0.29) is 18.1 Å². The van der Waals surface area contributed by atoms with E-state index in [9.17, 15) is 14.3 Å². The van der Waals surface area contributed by atoms with Crippen molar-refractivity contribution in [2.24, 2.45) is 0 Å². The number of halogens is 1. The lowest BCUT2D eigenvalue weighted by Crippen LogP contribution is -2.04. The first kappa shape index (κ1) is 15.1. The Hall–Kier alpha value is -2.82. The smallest absolute Gasteiger partial charge is 0.231 e. The molecule has 0 amide bonds. The molecule has 0 unspecified atom stereocenters. The minimum atomic E-state index is -0.565. The van der Waals surface area contributed by atoms with Crippen LogP contribution < -0.4 is 9.47 Å². The average Bonchev–Trinajstić information content (AvgIpc) is 3.02. The molecule has 2 aromatic rings. The average molecular weight is 314 g/mol. The molecule has 0 aliphatic carbocycles. The SMILES string of the molecule is CC/C(=C/c1ccc2c(c1)OCO2)C(=O)c1cc(F)ccc1O. The third kappa shape index (κ3) is 3.04. The number of carbonyl (C=O) groups is 1. The minimum Gasteiger partial charge on any atom is -0.507 e. The molecule has 0 saturated carbocycles. The molecule has 118 valence electrons. The maximum absolute atomic E-state index is 13.3. The number of phenolic OH excluding ortho intramolecular Hbond substituents is 1. The fraction of sp³-hybridized carbons (Fsp3) is 0.167. The van der Waals surface area contributed by atoms with Gasteiger partial charge in [0.05, 0.1) is 5.56 Å². The summed E-state index contributed by atoms with van der Waals surface area (Å²) in [6, 6.07) is 8.68. The molecule has 1 aliphatic rings. The highest BCUT2D eigenvalue weighted by Crippen LogP contribution is 2.33. The molecular formula is C18H15FO4. The van der Waals surface area contributed by atoms with Crippen LogP contribution in [0.1, 0.15) is 29.3 Å². The molecule has 3 rings (SSSR count). The van der Waals surface area contributed by atoms with Crippen molar-refractivity contribution in [3.05, 3.63) is 58.9 Å². The Morgan fingerprint density at radius 3 is 2.78 bits per heavy atom. The zero-order valence-corrected chi connectivity index (χ0v) is 12.5. The summed E-state index contributed by atoms with van der Waals surface area (Å²) < 4.78 is 23.9. The maximum atomic E-state index is 13.3. The first-order chi connectivity index (χ1) is 11.1. The third-order valence-corrected chi connectivity index (χ3v) is 3.61. The van der Waals surface area contributed by atoms with Crippen LogP contribution in [0, 0.1) is 5.82 Å². The van der Waals surface area contributed by atoms with Crippen LogP contribution >= 0.6 is 0 Å². The number of ether oxygens (including phenoxy) is 2. The molecule has 2 aromatic carbocycles. The zero-order valence-electron chi connectivity index (χ0n) is 12.5. The Labute approximate surface area is 132 Å². The Morgan fingerprint density at radius 1 is 1.22 bits per heavy atom. The van der Waals surface area contributed by atoms with Gasteiger partial charge in [-0.1, -0.05) is 13.0 Å². The molecule has 0 fully saturated rings. The van der Waals surface area contributed by atoms with Gasteiger partial charge in [-0.05, 0) is 48.4 Å². The first-order valence-electron chi connectivity index (χ1n) is 7.22. The first-order valence-corrected chi connectivity index (χ1v) is 7.22. The number of Topliss-reactive ketones (excluding diaryl/α,β-unsaturated/α-hetero) is 1. The van der Waals surface area contributed by atoms with E-state index in [1.807, 2.05) is 13.0 Å². The number of phenols is 1. The van der Waals surface area contributed by atoms with Crippen molar-refractivity contribution in [2.45, 2.75) is 13.3 Å². The zero-order chi connectivity index (χ0) is 16.4. The molecule has 1 aliphatic heterocycles. The largest absolute Gasteiger partial charge is 0.507 e. The summed E-state index contributed by atoms with van der Waals surface area (Å²) in [6.45, 7) is 2.01. The van der Waals surface area contributed by atoms with Gasteiger partial charge in [0.25, 0.3) is 0 Å². The van der Waals surface area contributed by atoms with Gasteiger partial charge >= 0.3 is 0 Å². The normalized spacial score (nSPS) is 13.2. The second-order valence-electron chi connectivity index (χ2n) is 5.13. The van der Waals surface area contributed by atoms with Crippen LogP contribution in [0.5, 0.6) is 17.2 Å². The summed E-state index contributed by atoms with van der Waals surface area (Å²) in [5.74, 6) is 0.0813. The van der Waals surface area contributed by atoms with Crippen molar-refractivity contribution < 1.29 is 23.8 Å². The van der Waals surface area contributed by atoms with Crippen molar-refractivity contribution in [1.29, 1.82) is 0 Å². The molecule has 23 heavy (non-hydrogen) atoms. The van der Waals surface area contributed by atoms with Gasteiger partial charge in [-0.2, -0.15) is 0 Å². The minimum absolute atomic E-state index is 0.0427. The molecule has 1 N–H and O–H groups in total. The Bertz CT molecular complexity index is 796.